The Morgan fingerprint density at radius 2 is 2.14 bits per heavy atom. The number of ether oxygens (including phenoxy) is 2. The highest BCUT2D eigenvalue weighted by Crippen LogP contribution is 2.22. The number of hydrogen-bond donors (Lipinski definition) is 1. The van der Waals surface area contributed by atoms with Crippen LogP contribution in [0.1, 0.15) is 42.9 Å². The van der Waals surface area contributed by atoms with E-state index in [0.717, 1.165) is 0 Å². The molecule has 7 heteroatoms. The van der Waals surface area contributed by atoms with Gasteiger partial charge in [-0.15, -0.1) is 0 Å². The van der Waals surface area contributed by atoms with E-state index in [1.165, 1.54) is 6.20 Å². The van der Waals surface area contributed by atoms with E-state index in [4.69, 9.17) is 15.2 Å². The van der Waals surface area contributed by atoms with Gasteiger partial charge in [0.1, 0.15) is 11.7 Å². The van der Waals surface area contributed by atoms with Crippen LogP contribution in [0.5, 0.6) is 0 Å². The Kier molecular flexibility index (Phi) is 4.65. The summed E-state index contributed by atoms with van der Waals surface area (Å²) in [6.45, 7) is 6.72. The first-order valence-electron chi connectivity index (χ1n) is 7.11. The number of carbonyl (C=O) groups excluding carboxylic acids is 2. The monoisotopic (exact) mass is 307 g/mol. The molecule has 0 radical (unpaired) electrons. The summed E-state index contributed by atoms with van der Waals surface area (Å²) >= 11 is 0. The van der Waals surface area contributed by atoms with Crippen LogP contribution >= 0.6 is 0 Å². The number of rotatable bonds is 2. The molecule has 2 N–H and O–H groups in total. The fraction of sp³-hybridized carbons (Fsp3) is 0.533. The highest BCUT2D eigenvalue weighted by atomic mass is 16.6. The third-order valence-electron chi connectivity index (χ3n) is 3.12. The van der Waals surface area contributed by atoms with Crippen LogP contribution in [0.3, 0.4) is 0 Å². The Bertz CT molecular complexity index is 551. The fourth-order valence-corrected chi connectivity index (χ4v) is 2.06. The summed E-state index contributed by atoms with van der Waals surface area (Å²) in [7, 11) is 0. The average molecular weight is 307 g/mol. The third-order valence-corrected chi connectivity index (χ3v) is 3.12. The van der Waals surface area contributed by atoms with Crippen LogP contribution in [-0.2, 0) is 9.47 Å². The Balaban J connectivity index is 2.04. The van der Waals surface area contributed by atoms with E-state index in [2.05, 4.69) is 4.98 Å². The summed E-state index contributed by atoms with van der Waals surface area (Å²) in [6.07, 6.45) is 0.700. The van der Waals surface area contributed by atoms with Crippen molar-refractivity contribution in [1.29, 1.82) is 0 Å². The van der Waals surface area contributed by atoms with Crippen LogP contribution < -0.4 is 5.73 Å². The minimum absolute atomic E-state index is 0.337. The number of aromatic nitrogens is 1. The van der Waals surface area contributed by atoms with Gasteiger partial charge in [-0.05, 0) is 32.9 Å². The maximum absolute atomic E-state index is 12.1. The summed E-state index contributed by atoms with van der Waals surface area (Å²) < 4.78 is 11.0. The van der Waals surface area contributed by atoms with Crippen molar-refractivity contribution in [1.82, 2.24) is 9.88 Å². The molecule has 7 nitrogen and oxygen atoms in total. The van der Waals surface area contributed by atoms with Gasteiger partial charge in [0.2, 0.25) is 5.91 Å². The number of pyridine rings is 1. The highest BCUT2D eigenvalue weighted by molar-refractivity contribution is 5.92. The lowest BCUT2D eigenvalue weighted by Gasteiger charge is -2.34. The molecule has 2 amide bonds. The van der Waals surface area contributed by atoms with Crippen molar-refractivity contribution in [2.45, 2.75) is 32.5 Å². The van der Waals surface area contributed by atoms with Crippen molar-refractivity contribution in [2.75, 3.05) is 19.7 Å². The minimum atomic E-state index is -0.535. The SMILES string of the molecule is CC(C)(C)OC(=O)N1CCOC(c2ccc(C(N)=O)cn2)C1. The van der Waals surface area contributed by atoms with Crippen molar-refractivity contribution in [2.24, 2.45) is 5.73 Å². The number of nitrogens with two attached hydrogens (primary N) is 1. The number of primary amides is 1. The first-order chi connectivity index (χ1) is 10.3. The lowest BCUT2D eigenvalue weighted by molar-refractivity contribution is -0.0447. The van der Waals surface area contributed by atoms with Crippen molar-refractivity contribution < 1.29 is 19.1 Å². The lowest BCUT2D eigenvalue weighted by Crippen LogP contribution is -2.44. The average Bonchev–Trinajstić information content (AvgIpc) is 2.46. The number of nitrogens with zero attached hydrogens (tertiary/aromatic N) is 2. The molecule has 1 atom stereocenters. The fourth-order valence-electron chi connectivity index (χ4n) is 2.06. The van der Waals surface area contributed by atoms with Crippen molar-refractivity contribution in [3.8, 4) is 0 Å². The minimum Gasteiger partial charge on any atom is -0.444 e. The van der Waals surface area contributed by atoms with Gasteiger partial charge in [-0.1, -0.05) is 0 Å². The summed E-state index contributed by atoms with van der Waals surface area (Å²) in [5, 5.41) is 0. The summed E-state index contributed by atoms with van der Waals surface area (Å²) in [6, 6.07) is 3.28. The van der Waals surface area contributed by atoms with Crippen LogP contribution in [0.4, 0.5) is 4.79 Å². The smallest absolute Gasteiger partial charge is 0.410 e. The number of morpholine rings is 1. The molecule has 1 aliphatic heterocycles. The molecule has 0 spiro atoms. The molecule has 1 aromatic rings. The maximum atomic E-state index is 12.1. The van der Waals surface area contributed by atoms with E-state index >= 15 is 0 Å². The molecule has 0 bridgehead atoms. The van der Waals surface area contributed by atoms with E-state index in [1.54, 1.807) is 17.0 Å². The molecule has 1 aromatic heterocycles. The highest BCUT2D eigenvalue weighted by Gasteiger charge is 2.29. The van der Waals surface area contributed by atoms with E-state index in [-0.39, 0.29) is 12.2 Å². The zero-order chi connectivity index (χ0) is 16.3. The van der Waals surface area contributed by atoms with Gasteiger partial charge in [0.25, 0.3) is 0 Å². The Hall–Kier alpha value is -2.15. The van der Waals surface area contributed by atoms with E-state index < -0.39 is 11.5 Å². The van der Waals surface area contributed by atoms with Gasteiger partial charge in [0.05, 0.1) is 24.4 Å². The van der Waals surface area contributed by atoms with Gasteiger partial charge >= 0.3 is 6.09 Å². The van der Waals surface area contributed by atoms with Gasteiger partial charge in [-0.3, -0.25) is 9.78 Å². The molecule has 0 saturated carbocycles. The first kappa shape index (κ1) is 16.2. The molecule has 1 fully saturated rings. The van der Waals surface area contributed by atoms with Crippen molar-refractivity contribution in [3.63, 3.8) is 0 Å². The van der Waals surface area contributed by atoms with Gasteiger partial charge < -0.3 is 20.1 Å². The number of carbonyl (C=O) groups is 2. The third kappa shape index (κ3) is 4.17. The van der Waals surface area contributed by atoms with Crippen LogP contribution in [0.25, 0.3) is 0 Å². The zero-order valence-corrected chi connectivity index (χ0v) is 13.0. The van der Waals surface area contributed by atoms with Crippen LogP contribution in [0, 0.1) is 0 Å². The molecule has 1 aliphatic rings. The molecule has 1 saturated heterocycles. The number of amides is 2. The summed E-state index contributed by atoms with van der Waals surface area (Å²) in [4.78, 5) is 28.9. The molecule has 0 aliphatic carbocycles. The van der Waals surface area contributed by atoms with Gasteiger partial charge in [0.15, 0.2) is 0 Å². The van der Waals surface area contributed by atoms with Crippen molar-refractivity contribution >= 4 is 12.0 Å². The molecular formula is C15H21N3O4. The number of hydrogen-bond acceptors (Lipinski definition) is 5. The molecule has 0 aromatic carbocycles. The second kappa shape index (κ2) is 6.31. The topological polar surface area (TPSA) is 94.7 Å². The Labute approximate surface area is 129 Å². The maximum Gasteiger partial charge on any atom is 0.410 e. The van der Waals surface area contributed by atoms with E-state index in [1.807, 2.05) is 20.8 Å². The second-order valence-corrected chi connectivity index (χ2v) is 6.12. The molecule has 22 heavy (non-hydrogen) atoms. The summed E-state index contributed by atoms with van der Waals surface area (Å²) in [5.74, 6) is -0.529. The summed E-state index contributed by atoms with van der Waals surface area (Å²) in [5.41, 5.74) is 5.64. The zero-order valence-electron chi connectivity index (χ0n) is 13.0. The van der Waals surface area contributed by atoms with Gasteiger partial charge in [0, 0.05) is 12.7 Å². The first-order valence-corrected chi connectivity index (χ1v) is 7.11. The normalized spacial score (nSPS) is 18.9. The van der Waals surface area contributed by atoms with Gasteiger partial charge in [-0.2, -0.15) is 0 Å². The quantitative estimate of drug-likeness (QED) is 0.893. The Morgan fingerprint density at radius 3 is 2.68 bits per heavy atom. The van der Waals surface area contributed by atoms with Crippen LogP contribution in [0.15, 0.2) is 18.3 Å². The lowest BCUT2D eigenvalue weighted by atomic mass is 10.1. The van der Waals surface area contributed by atoms with E-state index in [9.17, 15) is 9.59 Å². The second-order valence-electron chi connectivity index (χ2n) is 6.12. The molecule has 2 rings (SSSR count). The predicted octanol–water partition coefficient (Wildman–Crippen LogP) is 1.49. The van der Waals surface area contributed by atoms with E-state index in [0.29, 0.717) is 31.0 Å². The van der Waals surface area contributed by atoms with Crippen LogP contribution in [-0.4, -0.2) is 47.2 Å². The standard InChI is InChI=1S/C15H21N3O4/c1-15(2,3)22-14(20)18-6-7-21-12(9-18)11-5-4-10(8-17-11)13(16)19/h4-5,8,12H,6-7,9H2,1-3H3,(H2,16,19). The molecule has 2 heterocycles. The largest absolute Gasteiger partial charge is 0.444 e. The molecule has 1 unspecified atom stereocenters. The van der Waals surface area contributed by atoms with Crippen LogP contribution in [0.2, 0.25) is 0 Å². The Morgan fingerprint density at radius 1 is 1.41 bits per heavy atom. The van der Waals surface area contributed by atoms with Crippen molar-refractivity contribution in [3.05, 3.63) is 29.6 Å². The van der Waals surface area contributed by atoms with Gasteiger partial charge in [-0.25, -0.2) is 4.79 Å². The molecule has 120 valence electrons. The molecular weight excluding hydrogens is 286 g/mol. The predicted molar refractivity (Wildman–Crippen MR) is 79.3 cm³/mol.